The zero-order valence-corrected chi connectivity index (χ0v) is 58.1. The molecule has 0 radical (unpaired) electrons. The lowest BCUT2D eigenvalue weighted by Gasteiger charge is -2.39. The van der Waals surface area contributed by atoms with E-state index in [1.807, 2.05) is 42.5 Å². The van der Waals surface area contributed by atoms with E-state index in [1.165, 1.54) is 44.5 Å². The molecule has 16 aromatic carbocycles. The van der Waals surface area contributed by atoms with Gasteiger partial charge >= 0.3 is 0 Å². The van der Waals surface area contributed by atoms with Gasteiger partial charge in [-0.2, -0.15) is 0 Å². The van der Waals surface area contributed by atoms with Crippen molar-refractivity contribution in [3.63, 3.8) is 0 Å². The summed E-state index contributed by atoms with van der Waals surface area (Å²) in [6, 6.07) is 129. The Bertz CT molecular complexity index is 6710. The molecule has 1 unspecified atom stereocenters. The second-order valence-corrected chi connectivity index (χ2v) is 28.3. The quantitative estimate of drug-likeness (QED) is 0.141. The van der Waals surface area contributed by atoms with Gasteiger partial charge in [0, 0.05) is 55.6 Å². The Labute approximate surface area is 623 Å². The van der Waals surface area contributed by atoms with Crippen molar-refractivity contribution >= 4 is 21.5 Å². The minimum absolute atomic E-state index is 0.561. The molecule has 18 aromatic rings. The minimum Gasteiger partial charge on any atom is -0.457 e. The molecule has 22 rings (SSSR count). The highest BCUT2D eigenvalue weighted by atomic mass is 16.5. The molecule has 8 nitrogen and oxygen atoms in total. The van der Waals surface area contributed by atoms with Crippen molar-refractivity contribution in [1.29, 1.82) is 0 Å². The van der Waals surface area contributed by atoms with Crippen LogP contribution in [-0.4, -0.2) is 29.9 Å². The first-order valence-corrected chi connectivity index (χ1v) is 36.6. The van der Waals surface area contributed by atoms with Gasteiger partial charge in [0.05, 0.1) is 10.8 Å². The standard InChI is InChI=1S/C100H60N6O2/c1-4-23-61(24-5-1)66-29-20-33-72(53-66)96-103-94(65-27-8-3-9-28-65)105-98(106-96)78-37-22-31-70-58-88-92(60-79(70)78)108-90-44-19-17-42-86(90)100(88)83-40-15-12-36-77(83)80-56-68(51-52-84(80)100)63-47-45-62(46-48-63)67-30-21-32-71(54-67)95-101-93(64-25-6-2-7-26-64)102-97(104-95)73-50-49-69-57-87-91(59-74(69)55-73)107-89-43-18-16-41-85(89)99(87)81-38-13-10-34-75(81)76-35-11-14-39-82(76)99/h1-60H. The Morgan fingerprint density at radius 2 is 0.519 bits per heavy atom. The van der Waals surface area contributed by atoms with Crippen LogP contribution in [0.2, 0.25) is 0 Å². The van der Waals surface area contributed by atoms with Gasteiger partial charge in [0.25, 0.3) is 0 Å². The maximum Gasteiger partial charge on any atom is 0.164 e. The topological polar surface area (TPSA) is 95.8 Å². The van der Waals surface area contributed by atoms with E-state index in [1.54, 1.807) is 0 Å². The molecule has 108 heavy (non-hydrogen) atoms. The van der Waals surface area contributed by atoms with E-state index >= 15 is 0 Å². The van der Waals surface area contributed by atoms with Crippen molar-refractivity contribution in [2.45, 2.75) is 10.8 Å². The van der Waals surface area contributed by atoms with Gasteiger partial charge in [0.1, 0.15) is 23.0 Å². The van der Waals surface area contributed by atoms with Crippen molar-refractivity contribution in [3.05, 3.63) is 408 Å². The maximum atomic E-state index is 7.15. The summed E-state index contributed by atoms with van der Waals surface area (Å²) in [4.78, 5) is 31.5. The van der Waals surface area contributed by atoms with Crippen molar-refractivity contribution in [1.82, 2.24) is 29.9 Å². The van der Waals surface area contributed by atoms with Gasteiger partial charge in [0.2, 0.25) is 0 Å². The monoisotopic (exact) mass is 1380 g/mol. The minimum atomic E-state index is -0.709. The molecular weight excluding hydrogens is 1320 g/mol. The molecule has 502 valence electrons. The van der Waals surface area contributed by atoms with Gasteiger partial charge in [0.15, 0.2) is 34.9 Å². The zero-order valence-electron chi connectivity index (χ0n) is 58.1. The van der Waals surface area contributed by atoms with Crippen LogP contribution >= 0.6 is 0 Å². The van der Waals surface area contributed by atoms with Crippen LogP contribution in [0.3, 0.4) is 0 Å². The van der Waals surface area contributed by atoms with E-state index in [-0.39, 0.29) is 0 Å². The Morgan fingerprint density at radius 3 is 1.06 bits per heavy atom. The molecule has 0 fully saturated rings. The summed E-state index contributed by atoms with van der Waals surface area (Å²) in [7, 11) is 0. The molecule has 2 spiro atoms. The maximum absolute atomic E-state index is 7.15. The lowest BCUT2D eigenvalue weighted by molar-refractivity contribution is 0.437. The summed E-state index contributed by atoms with van der Waals surface area (Å²) in [6.45, 7) is 0. The molecular formula is C100H60N6O2. The number of hydrogen-bond donors (Lipinski definition) is 0. The molecule has 8 heteroatoms. The number of aromatic nitrogens is 6. The van der Waals surface area contributed by atoms with Crippen LogP contribution in [0.5, 0.6) is 23.0 Å². The first-order valence-electron chi connectivity index (χ1n) is 36.6. The summed E-state index contributed by atoms with van der Waals surface area (Å²) >= 11 is 0. The van der Waals surface area contributed by atoms with E-state index in [2.05, 4.69) is 322 Å². The van der Waals surface area contributed by atoms with Crippen molar-refractivity contribution in [2.75, 3.05) is 0 Å². The summed E-state index contributed by atoms with van der Waals surface area (Å²) in [5.74, 6) is 6.81. The highest BCUT2D eigenvalue weighted by Crippen LogP contribution is 2.65. The predicted octanol–water partition coefficient (Wildman–Crippen LogP) is 24.3. The molecule has 4 heterocycles. The molecule has 2 aliphatic carbocycles. The fourth-order valence-electron chi connectivity index (χ4n) is 17.6. The Kier molecular flexibility index (Phi) is 13.7. The van der Waals surface area contributed by atoms with Gasteiger partial charge < -0.3 is 9.47 Å². The van der Waals surface area contributed by atoms with E-state index in [4.69, 9.17) is 39.4 Å². The molecule has 0 N–H and O–H groups in total. The van der Waals surface area contributed by atoms with Crippen LogP contribution in [0.25, 0.3) is 146 Å². The summed E-state index contributed by atoms with van der Waals surface area (Å²) in [6.07, 6.45) is 0. The number of benzene rings is 16. The largest absolute Gasteiger partial charge is 0.457 e. The van der Waals surface area contributed by atoms with Gasteiger partial charge in [-0.05, 0) is 160 Å². The first kappa shape index (κ1) is 61.2. The number of ether oxygens (including phenoxy) is 2. The molecule has 4 aliphatic rings. The third-order valence-corrected chi connectivity index (χ3v) is 22.5. The molecule has 0 amide bonds. The van der Waals surface area contributed by atoms with Gasteiger partial charge in [-0.3, -0.25) is 0 Å². The van der Waals surface area contributed by atoms with Gasteiger partial charge in [-0.25, -0.2) is 29.9 Å². The van der Waals surface area contributed by atoms with Crippen LogP contribution in [0.15, 0.2) is 364 Å². The zero-order chi connectivity index (χ0) is 71.0. The second kappa shape index (κ2) is 24.1. The SMILES string of the molecule is c1ccc(-c2cccc(-c3nc(-c4ccccc4)nc(-c4cccc5cc6c(cc45)Oc4ccccc4C64c5ccccc5-c5cc(-c6ccc(-c7cccc(-c8nc(-c9ccccc9)nc(-c9ccc%10cc%11c(cc%10c9)Oc9ccccc9C%119c%10ccccc%10-c%10ccccc%109)n8)c7)cc6)ccc54)n3)c2)cc1. The van der Waals surface area contributed by atoms with E-state index in [9.17, 15) is 0 Å². The van der Waals surface area contributed by atoms with Gasteiger partial charge in [-0.15, -0.1) is 0 Å². The van der Waals surface area contributed by atoms with Crippen LogP contribution < -0.4 is 9.47 Å². The third kappa shape index (κ3) is 9.43. The van der Waals surface area contributed by atoms with Gasteiger partial charge in [-0.1, -0.05) is 303 Å². The molecule has 0 saturated carbocycles. The molecule has 2 aliphatic heterocycles. The van der Waals surface area contributed by atoms with Crippen LogP contribution in [0.1, 0.15) is 44.5 Å². The highest BCUT2D eigenvalue weighted by molar-refractivity contribution is 6.01. The third-order valence-electron chi connectivity index (χ3n) is 22.5. The van der Waals surface area contributed by atoms with Crippen molar-refractivity contribution in [3.8, 4) is 147 Å². The number of rotatable bonds is 9. The number of hydrogen-bond acceptors (Lipinski definition) is 8. The average molecular weight is 1380 g/mol. The lowest BCUT2D eigenvalue weighted by atomic mass is 9.65. The Balaban J connectivity index is 0.606. The summed E-state index contributed by atoms with van der Waals surface area (Å²) in [5, 5.41) is 4.14. The summed E-state index contributed by atoms with van der Waals surface area (Å²) < 4.78 is 14.1. The first-order chi connectivity index (χ1) is 53.5. The van der Waals surface area contributed by atoms with Crippen LogP contribution in [-0.2, 0) is 10.8 Å². The van der Waals surface area contributed by atoms with E-state index in [0.717, 1.165) is 134 Å². The molecule has 1 atom stereocenters. The molecule has 0 bridgehead atoms. The highest BCUT2D eigenvalue weighted by Gasteiger charge is 2.53. The smallest absolute Gasteiger partial charge is 0.164 e. The normalized spacial score (nSPS) is 14.2. The number of nitrogens with zero attached hydrogens (tertiary/aromatic N) is 6. The fraction of sp³-hybridized carbons (Fsp3) is 0.0200. The number of para-hydroxylation sites is 2. The molecule has 0 saturated heterocycles. The Hall–Kier alpha value is -14.3. The predicted molar refractivity (Wildman–Crippen MR) is 432 cm³/mol. The van der Waals surface area contributed by atoms with Crippen LogP contribution in [0.4, 0.5) is 0 Å². The van der Waals surface area contributed by atoms with E-state index in [0.29, 0.717) is 34.9 Å². The fourth-order valence-corrected chi connectivity index (χ4v) is 17.6. The number of fused-ring (bicyclic) bond motifs is 20. The Morgan fingerprint density at radius 1 is 0.167 bits per heavy atom. The average Bonchev–Trinajstić information content (AvgIpc) is 1.42. The van der Waals surface area contributed by atoms with E-state index < -0.39 is 10.8 Å². The van der Waals surface area contributed by atoms with Crippen LogP contribution in [0, 0.1) is 0 Å². The van der Waals surface area contributed by atoms with Crippen molar-refractivity contribution in [2.24, 2.45) is 0 Å². The van der Waals surface area contributed by atoms with Crippen molar-refractivity contribution < 1.29 is 9.47 Å². The molecule has 2 aromatic heterocycles. The second-order valence-electron chi connectivity index (χ2n) is 28.3. The lowest BCUT2D eigenvalue weighted by Crippen LogP contribution is -2.32. The summed E-state index contributed by atoms with van der Waals surface area (Å²) in [5.41, 5.74) is 24.9.